The van der Waals surface area contributed by atoms with Gasteiger partial charge in [-0.3, -0.25) is 4.79 Å². The van der Waals surface area contributed by atoms with E-state index in [1.54, 1.807) is 0 Å². The molecule has 2 atom stereocenters. The van der Waals surface area contributed by atoms with Crippen LogP contribution in [0.15, 0.2) is 0 Å². The van der Waals surface area contributed by atoms with Gasteiger partial charge in [-0.1, -0.05) is 6.92 Å². The van der Waals surface area contributed by atoms with Gasteiger partial charge in [0.25, 0.3) is 0 Å². The van der Waals surface area contributed by atoms with Gasteiger partial charge in [-0.25, -0.2) is 0 Å². The highest BCUT2D eigenvalue weighted by atomic mass is 16.5. The molecule has 2 rings (SSSR count). The Morgan fingerprint density at radius 1 is 1.28 bits per heavy atom. The maximum atomic E-state index is 12.5. The van der Waals surface area contributed by atoms with Gasteiger partial charge in [-0.05, 0) is 19.4 Å². The summed E-state index contributed by atoms with van der Waals surface area (Å²) >= 11 is 0. The Kier molecular flexibility index (Phi) is 5.41. The Morgan fingerprint density at radius 2 is 2.17 bits per heavy atom. The lowest BCUT2D eigenvalue weighted by Crippen LogP contribution is -2.46. The van der Waals surface area contributed by atoms with Gasteiger partial charge in [-0.2, -0.15) is 0 Å². The monoisotopic (exact) mass is 256 g/mol. The molecule has 0 bridgehead atoms. The lowest BCUT2D eigenvalue weighted by molar-refractivity contribution is -0.136. The Hall–Kier alpha value is -0.650. The fourth-order valence-corrected chi connectivity index (χ4v) is 2.53. The van der Waals surface area contributed by atoms with E-state index in [1.165, 1.54) is 0 Å². The van der Waals surface area contributed by atoms with Crippen LogP contribution in [0.3, 0.4) is 0 Å². The largest absolute Gasteiger partial charge is 0.380 e. The lowest BCUT2D eigenvalue weighted by atomic mass is 10.0. The highest BCUT2D eigenvalue weighted by molar-refractivity contribution is 5.80. The second kappa shape index (κ2) is 7.07. The summed E-state index contributed by atoms with van der Waals surface area (Å²) in [6.45, 7) is 7.24. The van der Waals surface area contributed by atoms with Crippen molar-refractivity contribution in [2.45, 2.75) is 25.8 Å². The molecule has 0 aromatic carbocycles. The molecule has 0 spiro atoms. The molecule has 18 heavy (non-hydrogen) atoms. The molecule has 0 aromatic heterocycles. The molecule has 104 valence electrons. The minimum atomic E-state index is -0.0188. The van der Waals surface area contributed by atoms with Crippen LogP contribution in [-0.2, 0) is 14.3 Å². The van der Waals surface area contributed by atoms with Crippen molar-refractivity contribution in [2.75, 3.05) is 46.1 Å². The lowest BCUT2D eigenvalue weighted by Gasteiger charge is -2.26. The van der Waals surface area contributed by atoms with Gasteiger partial charge in [-0.15, -0.1) is 0 Å². The number of rotatable bonds is 4. The highest BCUT2D eigenvalue weighted by Crippen LogP contribution is 2.17. The van der Waals surface area contributed by atoms with Gasteiger partial charge in [0.15, 0.2) is 0 Å². The Balaban J connectivity index is 1.89. The van der Waals surface area contributed by atoms with E-state index >= 15 is 0 Å². The zero-order chi connectivity index (χ0) is 12.8. The number of ether oxygens (including phenoxy) is 2. The molecule has 5 heteroatoms. The van der Waals surface area contributed by atoms with Gasteiger partial charge < -0.3 is 19.7 Å². The van der Waals surface area contributed by atoms with Crippen LogP contribution < -0.4 is 5.32 Å². The van der Waals surface area contributed by atoms with Crippen LogP contribution >= 0.6 is 0 Å². The summed E-state index contributed by atoms with van der Waals surface area (Å²) < 4.78 is 10.9. The predicted octanol–water partition coefficient (Wildman–Crippen LogP) is 0.250. The Morgan fingerprint density at radius 3 is 3.00 bits per heavy atom. The fourth-order valence-electron chi connectivity index (χ4n) is 2.53. The van der Waals surface area contributed by atoms with Gasteiger partial charge in [0.2, 0.25) is 5.91 Å². The zero-order valence-electron chi connectivity index (χ0n) is 11.2. The van der Waals surface area contributed by atoms with Crippen molar-refractivity contribution < 1.29 is 14.3 Å². The number of nitrogens with zero attached hydrogens (tertiary/aromatic N) is 1. The van der Waals surface area contributed by atoms with Crippen molar-refractivity contribution in [1.29, 1.82) is 0 Å². The summed E-state index contributed by atoms with van der Waals surface area (Å²) in [7, 11) is 0. The van der Waals surface area contributed by atoms with Crippen LogP contribution in [0.25, 0.3) is 0 Å². The maximum Gasteiger partial charge on any atom is 0.229 e. The Bertz CT molecular complexity index is 265. The topological polar surface area (TPSA) is 50.8 Å². The number of nitrogens with one attached hydrogen (secondary N) is 1. The molecule has 1 N–H and O–H groups in total. The molecular formula is C13H24N2O3. The molecule has 2 unspecified atom stereocenters. The van der Waals surface area contributed by atoms with Crippen molar-refractivity contribution in [2.24, 2.45) is 5.92 Å². The fraction of sp³-hybridized carbons (Fsp3) is 0.923. The van der Waals surface area contributed by atoms with Crippen LogP contribution in [-0.4, -0.2) is 62.9 Å². The van der Waals surface area contributed by atoms with Crippen molar-refractivity contribution >= 4 is 5.91 Å². The molecule has 2 fully saturated rings. The SMILES string of the molecule is CCCNC1COCC1C(=O)N1CCCOCC1. The summed E-state index contributed by atoms with van der Waals surface area (Å²) in [5, 5.41) is 3.41. The summed E-state index contributed by atoms with van der Waals surface area (Å²) in [5.74, 6) is 0.209. The smallest absolute Gasteiger partial charge is 0.229 e. The standard InChI is InChI=1S/C13H24N2O3/c1-2-4-14-12-10-18-9-11(12)13(16)15-5-3-7-17-8-6-15/h11-12,14H,2-10H2,1H3. The van der Waals surface area contributed by atoms with E-state index in [2.05, 4.69) is 12.2 Å². The third kappa shape index (κ3) is 3.43. The first kappa shape index (κ1) is 13.8. The van der Waals surface area contributed by atoms with Crippen LogP contribution in [0, 0.1) is 5.92 Å². The first-order valence-electron chi connectivity index (χ1n) is 7.00. The minimum Gasteiger partial charge on any atom is -0.380 e. The predicted molar refractivity (Wildman–Crippen MR) is 68.4 cm³/mol. The summed E-state index contributed by atoms with van der Waals surface area (Å²) in [6, 6.07) is 0.182. The third-order valence-corrected chi connectivity index (χ3v) is 3.59. The minimum absolute atomic E-state index is 0.0188. The van der Waals surface area contributed by atoms with Crippen LogP contribution in [0.2, 0.25) is 0 Å². The van der Waals surface area contributed by atoms with Crippen LogP contribution in [0.1, 0.15) is 19.8 Å². The van der Waals surface area contributed by atoms with E-state index in [4.69, 9.17) is 9.47 Å². The molecule has 2 heterocycles. The van der Waals surface area contributed by atoms with E-state index < -0.39 is 0 Å². The van der Waals surface area contributed by atoms with E-state index in [0.717, 1.165) is 39.1 Å². The molecule has 5 nitrogen and oxygen atoms in total. The number of carbonyl (C=O) groups excluding carboxylic acids is 1. The quantitative estimate of drug-likeness (QED) is 0.783. The Labute approximate surface area is 109 Å². The van der Waals surface area contributed by atoms with Gasteiger partial charge in [0.05, 0.1) is 25.7 Å². The summed E-state index contributed by atoms with van der Waals surface area (Å²) in [4.78, 5) is 14.4. The van der Waals surface area contributed by atoms with Crippen LogP contribution in [0.4, 0.5) is 0 Å². The van der Waals surface area contributed by atoms with E-state index in [-0.39, 0.29) is 17.9 Å². The summed E-state index contributed by atoms with van der Waals surface area (Å²) in [6.07, 6.45) is 2.02. The van der Waals surface area contributed by atoms with Gasteiger partial charge in [0, 0.05) is 25.7 Å². The second-order valence-corrected chi connectivity index (χ2v) is 5.00. The van der Waals surface area contributed by atoms with Crippen molar-refractivity contribution in [1.82, 2.24) is 10.2 Å². The molecule has 0 aliphatic carbocycles. The van der Waals surface area contributed by atoms with E-state index in [9.17, 15) is 4.79 Å². The molecule has 0 saturated carbocycles. The average molecular weight is 256 g/mol. The van der Waals surface area contributed by atoms with Gasteiger partial charge in [0.1, 0.15) is 0 Å². The van der Waals surface area contributed by atoms with E-state index in [0.29, 0.717) is 19.8 Å². The van der Waals surface area contributed by atoms with Crippen molar-refractivity contribution in [3.05, 3.63) is 0 Å². The molecule has 0 aromatic rings. The normalized spacial score (nSPS) is 29.3. The number of carbonyl (C=O) groups is 1. The average Bonchev–Trinajstić information content (AvgIpc) is 2.68. The van der Waals surface area contributed by atoms with Gasteiger partial charge >= 0.3 is 0 Å². The molecule has 0 radical (unpaired) electrons. The number of hydrogen-bond acceptors (Lipinski definition) is 4. The van der Waals surface area contributed by atoms with Crippen LogP contribution in [0.5, 0.6) is 0 Å². The number of amides is 1. The molecule has 2 aliphatic rings. The zero-order valence-corrected chi connectivity index (χ0v) is 11.2. The molecule has 1 amide bonds. The van der Waals surface area contributed by atoms with Crippen molar-refractivity contribution in [3.63, 3.8) is 0 Å². The first-order chi connectivity index (χ1) is 8.83. The molecule has 2 saturated heterocycles. The summed E-state index contributed by atoms with van der Waals surface area (Å²) in [5.41, 5.74) is 0. The van der Waals surface area contributed by atoms with E-state index in [1.807, 2.05) is 4.90 Å². The number of hydrogen-bond donors (Lipinski definition) is 1. The molecular weight excluding hydrogens is 232 g/mol. The van der Waals surface area contributed by atoms with Crippen molar-refractivity contribution in [3.8, 4) is 0 Å². The second-order valence-electron chi connectivity index (χ2n) is 5.00. The maximum absolute atomic E-state index is 12.5. The molecule has 2 aliphatic heterocycles. The first-order valence-corrected chi connectivity index (χ1v) is 7.00. The highest BCUT2D eigenvalue weighted by Gasteiger charge is 2.36. The third-order valence-electron chi connectivity index (χ3n) is 3.59.